The highest BCUT2D eigenvalue weighted by Gasteiger charge is 2.39. The van der Waals surface area contributed by atoms with Crippen LogP contribution < -0.4 is 5.32 Å². The molecule has 2 N–H and O–H groups in total. The number of halogens is 1. The second-order valence-corrected chi connectivity index (χ2v) is 6.62. The number of aliphatic carboxylic acids is 1. The van der Waals surface area contributed by atoms with Gasteiger partial charge >= 0.3 is 12.0 Å². The van der Waals surface area contributed by atoms with Crippen LogP contribution >= 0.6 is 34.4 Å². The molecule has 0 radical (unpaired) electrons. The first-order valence-electron chi connectivity index (χ1n) is 5.69. The van der Waals surface area contributed by atoms with Gasteiger partial charge < -0.3 is 10.4 Å². The van der Waals surface area contributed by atoms with Gasteiger partial charge in [-0.05, 0) is 41.6 Å². The number of nitrogens with one attached hydrogen (secondary N) is 1. The number of carboxylic acids is 1. The number of hydrogen-bond donors (Lipinski definition) is 2. The zero-order valence-electron chi connectivity index (χ0n) is 10.2. The summed E-state index contributed by atoms with van der Waals surface area (Å²) in [5, 5.41) is 11.8. The first kappa shape index (κ1) is 14.4. The van der Waals surface area contributed by atoms with Crippen molar-refractivity contribution in [3.8, 4) is 0 Å². The number of carbonyl (C=O) groups excluding carboxylic acids is 1. The molecule has 1 saturated heterocycles. The van der Waals surface area contributed by atoms with E-state index in [9.17, 15) is 9.59 Å². The number of carbonyl (C=O) groups is 2. The Morgan fingerprint density at radius 2 is 2.16 bits per heavy atom. The molecule has 2 amide bonds. The Kier molecular flexibility index (Phi) is 4.56. The average molecular weight is 392 g/mol. The SMILES string of the molecule is CC1SCC(C(=O)O)N1C(=O)Nc1ccccc1I. The zero-order valence-corrected chi connectivity index (χ0v) is 13.1. The molecule has 1 aromatic rings. The van der Waals surface area contributed by atoms with Crippen molar-refractivity contribution >= 4 is 52.0 Å². The minimum atomic E-state index is -0.963. The van der Waals surface area contributed by atoms with Gasteiger partial charge in [0, 0.05) is 9.32 Å². The second kappa shape index (κ2) is 6.00. The second-order valence-electron chi connectivity index (χ2n) is 4.10. The summed E-state index contributed by atoms with van der Waals surface area (Å²) in [5.41, 5.74) is 0.696. The fourth-order valence-corrected chi connectivity index (χ4v) is 3.57. The molecule has 2 unspecified atom stereocenters. The van der Waals surface area contributed by atoms with Gasteiger partial charge in [0.2, 0.25) is 0 Å². The van der Waals surface area contributed by atoms with Gasteiger partial charge in [-0.25, -0.2) is 9.59 Å². The van der Waals surface area contributed by atoms with Gasteiger partial charge in [-0.2, -0.15) is 0 Å². The van der Waals surface area contributed by atoms with Gasteiger partial charge in [0.25, 0.3) is 0 Å². The van der Waals surface area contributed by atoms with Gasteiger partial charge in [0.05, 0.1) is 11.1 Å². The molecule has 2 atom stereocenters. The summed E-state index contributed by atoms with van der Waals surface area (Å²) in [7, 11) is 0. The molecular weight excluding hydrogens is 379 g/mol. The molecule has 1 heterocycles. The first-order chi connectivity index (χ1) is 9.00. The van der Waals surface area contributed by atoms with Crippen LogP contribution in [0.2, 0.25) is 0 Å². The molecule has 0 spiro atoms. The van der Waals surface area contributed by atoms with Crippen LogP contribution in [-0.4, -0.2) is 39.2 Å². The van der Waals surface area contributed by atoms with Crippen molar-refractivity contribution in [2.24, 2.45) is 0 Å². The van der Waals surface area contributed by atoms with Crippen LogP contribution in [0.5, 0.6) is 0 Å². The highest BCUT2D eigenvalue weighted by Crippen LogP contribution is 2.29. The average Bonchev–Trinajstić information content (AvgIpc) is 2.74. The molecule has 19 heavy (non-hydrogen) atoms. The Labute approximate surface area is 128 Å². The summed E-state index contributed by atoms with van der Waals surface area (Å²) in [6.07, 6.45) is 0. The summed E-state index contributed by atoms with van der Waals surface area (Å²) in [6, 6.07) is 6.26. The number of nitrogens with zero attached hydrogens (tertiary/aromatic N) is 1. The van der Waals surface area contributed by atoms with Crippen molar-refractivity contribution in [2.75, 3.05) is 11.1 Å². The van der Waals surface area contributed by atoms with E-state index >= 15 is 0 Å². The number of amides is 2. The number of benzene rings is 1. The van der Waals surface area contributed by atoms with Crippen molar-refractivity contribution < 1.29 is 14.7 Å². The molecule has 0 aliphatic carbocycles. The number of hydrogen-bond acceptors (Lipinski definition) is 3. The van der Waals surface area contributed by atoms with Gasteiger partial charge in [-0.15, -0.1) is 11.8 Å². The van der Waals surface area contributed by atoms with Gasteiger partial charge in [-0.3, -0.25) is 4.90 Å². The molecule has 2 rings (SSSR count). The van der Waals surface area contributed by atoms with Crippen LogP contribution in [-0.2, 0) is 4.79 Å². The molecular formula is C12H13IN2O3S. The van der Waals surface area contributed by atoms with E-state index in [0.717, 1.165) is 3.57 Å². The van der Waals surface area contributed by atoms with Crippen LogP contribution in [0.15, 0.2) is 24.3 Å². The van der Waals surface area contributed by atoms with Gasteiger partial charge in [-0.1, -0.05) is 12.1 Å². The van der Waals surface area contributed by atoms with E-state index in [0.29, 0.717) is 11.4 Å². The third-order valence-corrected chi connectivity index (χ3v) is 5.02. The summed E-state index contributed by atoms with van der Waals surface area (Å²) < 4.78 is 0.917. The van der Waals surface area contributed by atoms with E-state index < -0.39 is 12.0 Å². The lowest BCUT2D eigenvalue weighted by molar-refractivity contribution is -0.141. The molecule has 1 fully saturated rings. The maximum atomic E-state index is 12.2. The largest absolute Gasteiger partial charge is 0.480 e. The van der Waals surface area contributed by atoms with Crippen molar-refractivity contribution in [3.63, 3.8) is 0 Å². The predicted molar refractivity (Wildman–Crippen MR) is 83.4 cm³/mol. The number of rotatable bonds is 2. The van der Waals surface area contributed by atoms with Crippen molar-refractivity contribution in [1.82, 2.24) is 4.90 Å². The van der Waals surface area contributed by atoms with E-state index in [1.807, 2.05) is 25.1 Å². The molecule has 1 aromatic carbocycles. The zero-order chi connectivity index (χ0) is 14.0. The van der Waals surface area contributed by atoms with Crippen LogP contribution in [0.4, 0.5) is 10.5 Å². The van der Waals surface area contributed by atoms with Crippen LogP contribution in [0, 0.1) is 3.57 Å². The Bertz CT molecular complexity index is 512. The number of anilines is 1. The molecule has 5 nitrogen and oxygen atoms in total. The lowest BCUT2D eigenvalue weighted by Crippen LogP contribution is -2.46. The monoisotopic (exact) mass is 392 g/mol. The maximum absolute atomic E-state index is 12.2. The number of urea groups is 1. The van der Waals surface area contributed by atoms with Crippen LogP contribution in [0.3, 0.4) is 0 Å². The lowest BCUT2D eigenvalue weighted by atomic mass is 10.3. The third kappa shape index (κ3) is 3.14. The molecule has 1 aliphatic rings. The molecule has 1 aliphatic heterocycles. The molecule has 0 aromatic heterocycles. The van der Waals surface area contributed by atoms with Crippen molar-refractivity contribution in [2.45, 2.75) is 18.3 Å². The van der Waals surface area contributed by atoms with E-state index in [1.165, 1.54) is 16.7 Å². The lowest BCUT2D eigenvalue weighted by Gasteiger charge is -2.25. The normalized spacial score (nSPS) is 22.3. The highest BCUT2D eigenvalue weighted by atomic mass is 127. The summed E-state index contributed by atoms with van der Waals surface area (Å²) in [5.74, 6) is -0.537. The summed E-state index contributed by atoms with van der Waals surface area (Å²) in [4.78, 5) is 24.8. The molecule has 102 valence electrons. The molecule has 7 heteroatoms. The topological polar surface area (TPSA) is 69.6 Å². The third-order valence-electron chi connectivity index (χ3n) is 2.86. The van der Waals surface area contributed by atoms with Crippen LogP contribution in [0.25, 0.3) is 0 Å². The Balaban J connectivity index is 2.15. The fraction of sp³-hybridized carbons (Fsp3) is 0.333. The maximum Gasteiger partial charge on any atom is 0.327 e. The molecule has 0 saturated carbocycles. The van der Waals surface area contributed by atoms with E-state index in [2.05, 4.69) is 27.9 Å². The summed E-state index contributed by atoms with van der Waals surface area (Å²) in [6.45, 7) is 1.84. The number of para-hydroxylation sites is 1. The Hall–Kier alpha value is -0.960. The number of carboxylic acid groups (broad SMARTS) is 1. The minimum Gasteiger partial charge on any atom is -0.480 e. The minimum absolute atomic E-state index is 0.137. The van der Waals surface area contributed by atoms with Crippen LogP contribution in [0.1, 0.15) is 6.92 Å². The van der Waals surface area contributed by atoms with Crippen molar-refractivity contribution in [1.29, 1.82) is 0 Å². The highest BCUT2D eigenvalue weighted by molar-refractivity contribution is 14.1. The smallest absolute Gasteiger partial charge is 0.327 e. The first-order valence-corrected chi connectivity index (χ1v) is 7.81. The van der Waals surface area contributed by atoms with E-state index in [4.69, 9.17) is 5.11 Å². The van der Waals surface area contributed by atoms with Crippen molar-refractivity contribution in [3.05, 3.63) is 27.8 Å². The van der Waals surface area contributed by atoms with Gasteiger partial charge in [0.15, 0.2) is 0 Å². The standard InChI is InChI=1S/C12H13IN2O3S/c1-7-15(10(6-19-7)11(16)17)12(18)14-9-5-3-2-4-8(9)13/h2-5,7,10H,6H2,1H3,(H,14,18)(H,16,17). The van der Waals surface area contributed by atoms with Gasteiger partial charge in [0.1, 0.15) is 6.04 Å². The summed E-state index contributed by atoms with van der Waals surface area (Å²) >= 11 is 3.59. The molecule has 0 bridgehead atoms. The fourth-order valence-electron chi connectivity index (χ4n) is 1.88. The van der Waals surface area contributed by atoms with E-state index in [-0.39, 0.29) is 11.4 Å². The quantitative estimate of drug-likeness (QED) is 0.760. The Morgan fingerprint density at radius 1 is 1.47 bits per heavy atom. The number of thioether (sulfide) groups is 1. The van der Waals surface area contributed by atoms with E-state index in [1.54, 1.807) is 6.07 Å². The predicted octanol–water partition coefficient (Wildman–Crippen LogP) is 2.67. The Morgan fingerprint density at radius 3 is 2.79 bits per heavy atom.